The van der Waals surface area contributed by atoms with Crippen LogP contribution in [0.25, 0.3) is 11.0 Å². The maximum Gasteiger partial charge on any atom is 0.223 e. The molecule has 156 valence electrons. The molecule has 0 spiro atoms. The molecule has 2 saturated heterocycles. The van der Waals surface area contributed by atoms with E-state index in [0.717, 1.165) is 56.4 Å². The van der Waals surface area contributed by atoms with Gasteiger partial charge in [-0.25, -0.2) is 4.39 Å². The van der Waals surface area contributed by atoms with Crippen LogP contribution >= 0.6 is 0 Å². The van der Waals surface area contributed by atoms with Gasteiger partial charge in [-0.2, -0.15) is 0 Å². The number of rotatable bonds is 5. The minimum absolute atomic E-state index is 0.236. The quantitative estimate of drug-likeness (QED) is 0.817. The molecule has 5 rings (SSSR count). The van der Waals surface area contributed by atoms with E-state index in [4.69, 9.17) is 4.52 Å². The smallest absolute Gasteiger partial charge is 0.223 e. The summed E-state index contributed by atoms with van der Waals surface area (Å²) in [6.07, 6.45) is 9.15. The number of likely N-dealkylation sites (tertiary alicyclic amines) is 1. The van der Waals surface area contributed by atoms with Gasteiger partial charge in [0, 0.05) is 29.3 Å². The van der Waals surface area contributed by atoms with Crippen molar-refractivity contribution in [2.45, 2.75) is 63.3 Å². The molecule has 3 heterocycles. The average Bonchev–Trinajstić information content (AvgIpc) is 3.29. The van der Waals surface area contributed by atoms with E-state index in [2.05, 4.69) is 15.4 Å². The fourth-order valence-electron chi connectivity index (χ4n) is 5.84. The third-order valence-electron chi connectivity index (χ3n) is 7.43. The topological polar surface area (TPSA) is 58.4 Å². The number of halogens is 1. The van der Waals surface area contributed by atoms with Gasteiger partial charge in [0.25, 0.3) is 0 Å². The molecule has 2 aliphatic heterocycles. The van der Waals surface area contributed by atoms with E-state index in [-0.39, 0.29) is 11.7 Å². The van der Waals surface area contributed by atoms with Crippen molar-refractivity contribution in [1.29, 1.82) is 0 Å². The van der Waals surface area contributed by atoms with Crippen molar-refractivity contribution in [3.63, 3.8) is 0 Å². The summed E-state index contributed by atoms with van der Waals surface area (Å²) in [6, 6.07) is 5.13. The van der Waals surface area contributed by atoms with Gasteiger partial charge in [0.1, 0.15) is 5.82 Å². The van der Waals surface area contributed by atoms with Crippen molar-refractivity contribution in [1.82, 2.24) is 15.4 Å². The number of carbonyl (C=O) groups excluding carboxylic acids is 1. The summed E-state index contributed by atoms with van der Waals surface area (Å²) in [6.45, 7) is 3.16. The van der Waals surface area contributed by atoms with Crippen LogP contribution in [0.3, 0.4) is 0 Å². The molecular weight excluding hydrogens is 369 g/mol. The molecule has 3 aliphatic rings. The first-order valence-electron chi connectivity index (χ1n) is 11.3. The third kappa shape index (κ3) is 3.79. The molecule has 2 aromatic rings. The van der Waals surface area contributed by atoms with Crippen molar-refractivity contribution < 1.29 is 13.7 Å². The molecular formula is C23H30FN3O2. The predicted molar refractivity (Wildman–Crippen MR) is 109 cm³/mol. The molecule has 1 unspecified atom stereocenters. The van der Waals surface area contributed by atoms with Gasteiger partial charge in [0.15, 0.2) is 5.58 Å². The molecule has 3 atom stereocenters. The largest absolute Gasteiger partial charge is 0.356 e. The van der Waals surface area contributed by atoms with Gasteiger partial charge < -0.3 is 14.7 Å². The Balaban J connectivity index is 1.11. The molecule has 3 fully saturated rings. The van der Waals surface area contributed by atoms with Gasteiger partial charge in [0.2, 0.25) is 5.91 Å². The second-order valence-electron chi connectivity index (χ2n) is 9.14. The molecule has 1 amide bonds. The van der Waals surface area contributed by atoms with Gasteiger partial charge in [-0.3, -0.25) is 4.79 Å². The lowest BCUT2D eigenvalue weighted by molar-refractivity contribution is -0.123. The van der Waals surface area contributed by atoms with Gasteiger partial charge in [0.05, 0.1) is 5.69 Å². The lowest BCUT2D eigenvalue weighted by Crippen LogP contribution is -2.34. The number of fused-ring (bicyclic) bond motifs is 2. The third-order valence-corrected chi connectivity index (χ3v) is 7.43. The van der Waals surface area contributed by atoms with Crippen LogP contribution in [0.1, 0.15) is 63.0 Å². The lowest BCUT2D eigenvalue weighted by atomic mass is 9.78. The molecule has 1 N–H and O–H groups in total. The zero-order valence-electron chi connectivity index (χ0n) is 16.9. The molecule has 1 aromatic carbocycles. The molecule has 29 heavy (non-hydrogen) atoms. The van der Waals surface area contributed by atoms with E-state index in [9.17, 15) is 9.18 Å². The van der Waals surface area contributed by atoms with Crippen LogP contribution in [0.4, 0.5) is 4.39 Å². The number of nitrogens with zero attached hydrogens (tertiary/aromatic N) is 2. The Kier molecular flexibility index (Phi) is 5.29. The van der Waals surface area contributed by atoms with Crippen molar-refractivity contribution in [2.75, 3.05) is 19.6 Å². The van der Waals surface area contributed by atoms with Crippen LogP contribution in [0.2, 0.25) is 0 Å². The number of amides is 1. The van der Waals surface area contributed by atoms with Crippen LogP contribution in [0.5, 0.6) is 0 Å². The van der Waals surface area contributed by atoms with Gasteiger partial charge >= 0.3 is 0 Å². The fourth-order valence-corrected chi connectivity index (χ4v) is 5.84. The number of benzene rings is 1. The highest BCUT2D eigenvalue weighted by Gasteiger charge is 2.42. The van der Waals surface area contributed by atoms with Crippen molar-refractivity contribution in [3.8, 4) is 0 Å². The number of piperidine rings is 1. The van der Waals surface area contributed by atoms with E-state index in [0.29, 0.717) is 29.4 Å². The first-order chi connectivity index (χ1) is 14.2. The summed E-state index contributed by atoms with van der Waals surface area (Å²) in [7, 11) is 0. The molecule has 1 saturated carbocycles. The monoisotopic (exact) mass is 399 g/mol. The highest BCUT2D eigenvalue weighted by atomic mass is 19.1. The SMILES string of the molecule is O=C1N[C@H]2CCCC[C@@H]2C1CCCN1CCC(c2noc3cc(F)ccc23)CC1. The summed E-state index contributed by atoms with van der Waals surface area (Å²) >= 11 is 0. The Morgan fingerprint density at radius 3 is 2.86 bits per heavy atom. The zero-order valence-corrected chi connectivity index (χ0v) is 16.9. The van der Waals surface area contributed by atoms with E-state index in [1.54, 1.807) is 6.07 Å². The highest BCUT2D eigenvalue weighted by Crippen LogP contribution is 2.38. The van der Waals surface area contributed by atoms with Gasteiger partial charge in [-0.05, 0) is 76.2 Å². The van der Waals surface area contributed by atoms with Crippen LogP contribution in [0.15, 0.2) is 22.7 Å². The maximum absolute atomic E-state index is 13.4. The summed E-state index contributed by atoms with van der Waals surface area (Å²) < 4.78 is 18.7. The van der Waals surface area contributed by atoms with Gasteiger partial charge in [-0.15, -0.1) is 0 Å². The number of nitrogens with one attached hydrogen (secondary N) is 1. The first-order valence-corrected chi connectivity index (χ1v) is 11.3. The Bertz CT molecular complexity index is 874. The van der Waals surface area contributed by atoms with E-state index >= 15 is 0 Å². The number of hydrogen-bond donors (Lipinski definition) is 1. The molecule has 6 heteroatoms. The number of carbonyl (C=O) groups is 1. The number of aromatic nitrogens is 1. The Morgan fingerprint density at radius 1 is 1.17 bits per heavy atom. The van der Waals surface area contributed by atoms with Crippen LogP contribution in [-0.4, -0.2) is 41.6 Å². The van der Waals surface area contributed by atoms with Crippen molar-refractivity contribution >= 4 is 16.9 Å². The number of hydrogen-bond acceptors (Lipinski definition) is 4. The molecule has 1 aromatic heterocycles. The maximum atomic E-state index is 13.4. The lowest BCUT2D eigenvalue weighted by Gasteiger charge is -2.32. The van der Waals surface area contributed by atoms with Crippen LogP contribution in [0, 0.1) is 17.7 Å². The second-order valence-corrected chi connectivity index (χ2v) is 9.14. The molecule has 1 aliphatic carbocycles. The molecule has 5 nitrogen and oxygen atoms in total. The predicted octanol–water partition coefficient (Wildman–Crippen LogP) is 4.23. The Labute approximate surface area is 171 Å². The molecule has 0 radical (unpaired) electrons. The standard InChI is InChI=1S/C23H30FN3O2/c24-16-7-8-19-21(14-16)29-26-22(19)15-9-12-27(13-10-15)11-3-5-18-17-4-1-2-6-20(17)25-23(18)28/h7-8,14-15,17-18,20H,1-6,9-13H2,(H,25,28)/t17-,18?,20+/m1/s1. The first kappa shape index (κ1) is 19.0. The van der Waals surface area contributed by atoms with Crippen LogP contribution < -0.4 is 5.32 Å². The minimum Gasteiger partial charge on any atom is -0.356 e. The average molecular weight is 400 g/mol. The van der Waals surface area contributed by atoms with E-state index < -0.39 is 0 Å². The van der Waals surface area contributed by atoms with Gasteiger partial charge in [-0.1, -0.05) is 18.0 Å². The van der Waals surface area contributed by atoms with Crippen molar-refractivity contribution in [3.05, 3.63) is 29.7 Å². The van der Waals surface area contributed by atoms with E-state index in [1.807, 2.05) is 0 Å². The summed E-state index contributed by atoms with van der Waals surface area (Å²) in [5.41, 5.74) is 1.52. The zero-order chi connectivity index (χ0) is 19.8. The Morgan fingerprint density at radius 2 is 2.00 bits per heavy atom. The summed E-state index contributed by atoms with van der Waals surface area (Å²) in [5.74, 6) is 1.20. The molecule has 0 bridgehead atoms. The minimum atomic E-state index is -0.287. The summed E-state index contributed by atoms with van der Waals surface area (Å²) in [5, 5.41) is 8.43. The van der Waals surface area contributed by atoms with Crippen molar-refractivity contribution in [2.24, 2.45) is 11.8 Å². The normalized spacial score (nSPS) is 28.6. The fraction of sp³-hybridized carbons (Fsp3) is 0.652. The summed E-state index contributed by atoms with van der Waals surface area (Å²) in [4.78, 5) is 14.9. The van der Waals surface area contributed by atoms with Crippen LogP contribution in [-0.2, 0) is 4.79 Å². The van der Waals surface area contributed by atoms with E-state index in [1.165, 1.54) is 37.8 Å². The Hall–Kier alpha value is -1.95. The second kappa shape index (κ2) is 8.05. The highest BCUT2D eigenvalue weighted by molar-refractivity contribution is 5.82.